The maximum atomic E-state index is 12.5. The van der Waals surface area contributed by atoms with Crippen molar-refractivity contribution in [1.29, 1.82) is 0 Å². The minimum absolute atomic E-state index is 0.0639. The third-order valence-corrected chi connectivity index (χ3v) is 6.94. The number of rotatable bonds is 9. The average Bonchev–Trinajstić information content (AvgIpc) is 3.52. The largest absolute Gasteiger partial charge is 0.468 e. The number of nitrogens with zero attached hydrogens (tertiary/aromatic N) is 1. The molecule has 1 fully saturated rings. The Morgan fingerprint density at radius 3 is 2.25 bits per heavy atom. The number of benzene rings is 2. The molecule has 1 aliphatic rings. The standard InChI is InChI=1S/C24H27N3O4S/c28-24(25-16-19-5-7-20(8-6-19)18-27-13-1-2-14-27)21-9-11-23(12-10-21)32(29,30)26-17-22-4-3-15-31-22/h3-12,15,26H,1-2,13-14,16-18H2,(H,25,28). The van der Waals surface area contributed by atoms with E-state index in [4.69, 9.17) is 4.42 Å². The van der Waals surface area contributed by atoms with Gasteiger partial charge in [-0.3, -0.25) is 9.69 Å². The predicted octanol–water partition coefficient (Wildman–Crippen LogP) is 3.28. The van der Waals surface area contributed by atoms with Crippen molar-refractivity contribution in [1.82, 2.24) is 14.9 Å². The minimum atomic E-state index is -3.69. The van der Waals surface area contributed by atoms with Crippen LogP contribution in [0.3, 0.4) is 0 Å². The molecular formula is C24H27N3O4S. The molecule has 168 valence electrons. The molecule has 1 saturated heterocycles. The number of amides is 1. The number of hydrogen-bond donors (Lipinski definition) is 2. The summed E-state index contributed by atoms with van der Waals surface area (Å²) in [5.41, 5.74) is 2.70. The van der Waals surface area contributed by atoms with Gasteiger partial charge in [0, 0.05) is 18.7 Å². The second-order valence-electron chi connectivity index (χ2n) is 7.91. The van der Waals surface area contributed by atoms with Crippen LogP contribution in [0.5, 0.6) is 0 Å². The second kappa shape index (κ2) is 10.1. The average molecular weight is 454 g/mol. The molecule has 0 bridgehead atoms. The van der Waals surface area contributed by atoms with Crippen LogP contribution in [0.25, 0.3) is 0 Å². The van der Waals surface area contributed by atoms with E-state index in [1.807, 2.05) is 12.1 Å². The summed E-state index contributed by atoms with van der Waals surface area (Å²) < 4.78 is 32.4. The van der Waals surface area contributed by atoms with Crippen molar-refractivity contribution < 1.29 is 17.6 Å². The first kappa shape index (κ1) is 22.3. The Kier molecular flexibility index (Phi) is 7.04. The highest BCUT2D eigenvalue weighted by Crippen LogP contribution is 2.14. The molecule has 7 nitrogen and oxygen atoms in total. The van der Waals surface area contributed by atoms with Gasteiger partial charge in [0.1, 0.15) is 5.76 Å². The van der Waals surface area contributed by atoms with E-state index in [2.05, 4.69) is 27.1 Å². The molecular weight excluding hydrogens is 426 g/mol. The van der Waals surface area contributed by atoms with Gasteiger partial charge in [-0.1, -0.05) is 24.3 Å². The van der Waals surface area contributed by atoms with Gasteiger partial charge in [0.2, 0.25) is 10.0 Å². The van der Waals surface area contributed by atoms with Crippen LogP contribution in [0.4, 0.5) is 0 Å². The molecule has 4 rings (SSSR count). The molecule has 0 atom stereocenters. The molecule has 2 heterocycles. The monoisotopic (exact) mass is 453 g/mol. The smallest absolute Gasteiger partial charge is 0.251 e. The lowest BCUT2D eigenvalue weighted by molar-refractivity contribution is 0.0951. The van der Waals surface area contributed by atoms with E-state index in [1.54, 1.807) is 12.1 Å². The first-order chi connectivity index (χ1) is 15.5. The number of likely N-dealkylation sites (tertiary alicyclic amines) is 1. The summed E-state index contributed by atoms with van der Waals surface area (Å²) in [6.07, 6.45) is 4.04. The molecule has 8 heteroatoms. The fourth-order valence-electron chi connectivity index (χ4n) is 3.69. The zero-order valence-electron chi connectivity index (χ0n) is 17.8. The molecule has 3 aromatic rings. The van der Waals surface area contributed by atoms with E-state index in [9.17, 15) is 13.2 Å². The van der Waals surface area contributed by atoms with Crippen LogP contribution in [-0.2, 0) is 29.7 Å². The Balaban J connectivity index is 1.28. The van der Waals surface area contributed by atoms with E-state index >= 15 is 0 Å². The maximum Gasteiger partial charge on any atom is 0.251 e. The first-order valence-electron chi connectivity index (χ1n) is 10.7. The number of hydrogen-bond acceptors (Lipinski definition) is 5. The highest BCUT2D eigenvalue weighted by molar-refractivity contribution is 7.89. The van der Waals surface area contributed by atoms with Crippen LogP contribution in [-0.4, -0.2) is 32.3 Å². The van der Waals surface area contributed by atoms with Crippen LogP contribution in [0.2, 0.25) is 0 Å². The number of furan rings is 1. The van der Waals surface area contributed by atoms with Crippen molar-refractivity contribution in [2.24, 2.45) is 0 Å². The molecule has 0 spiro atoms. The fourth-order valence-corrected chi connectivity index (χ4v) is 4.69. The van der Waals surface area contributed by atoms with Gasteiger partial charge in [-0.25, -0.2) is 13.1 Å². The van der Waals surface area contributed by atoms with E-state index in [0.29, 0.717) is 17.9 Å². The topological polar surface area (TPSA) is 91.7 Å². The molecule has 0 radical (unpaired) electrons. The van der Waals surface area contributed by atoms with Crippen LogP contribution in [0, 0.1) is 0 Å². The Hall–Kier alpha value is -2.94. The number of carbonyl (C=O) groups excluding carboxylic acids is 1. The summed E-state index contributed by atoms with van der Waals surface area (Å²) in [5, 5.41) is 2.88. The van der Waals surface area contributed by atoms with Gasteiger partial charge >= 0.3 is 0 Å². The van der Waals surface area contributed by atoms with Gasteiger partial charge in [-0.15, -0.1) is 0 Å². The quantitative estimate of drug-likeness (QED) is 0.519. The summed E-state index contributed by atoms with van der Waals surface area (Å²) in [7, 11) is -3.69. The van der Waals surface area contributed by atoms with E-state index in [1.165, 1.54) is 48.9 Å². The zero-order valence-corrected chi connectivity index (χ0v) is 18.6. The number of sulfonamides is 1. The molecule has 1 amide bonds. The molecule has 0 saturated carbocycles. The molecule has 0 aliphatic carbocycles. The van der Waals surface area contributed by atoms with Crippen molar-refractivity contribution in [2.75, 3.05) is 13.1 Å². The summed E-state index contributed by atoms with van der Waals surface area (Å²) >= 11 is 0. The lowest BCUT2D eigenvalue weighted by atomic mass is 10.1. The fraction of sp³-hybridized carbons (Fsp3) is 0.292. The first-order valence-corrected chi connectivity index (χ1v) is 12.2. The normalized spacial score (nSPS) is 14.5. The Morgan fingerprint density at radius 2 is 1.59 bits per heavy atom. The van der Waals surface area contributed by atoms with Crippen molar-refractivity contribution >= 4 is 15.9 Å². The molecule has 1 aromatic heterocycles. The van der Waals surface area contributed by atoms with Crippen molar-refractivity contribution in [3.05, 3.63) is 89.4 Å². The Bertz CT molecular complexity index is 1120. The summed E-state index contributed by atoms with van der Waals surface area (Å²) in [4.78, 5) is 15.0. The van der Waals surface area contributed by atoms with Crippen molar-refractivity contribution in [3.63, 3.8) is 0 Å². The highest BCUT2D eigenvalue weighted by atomic mass is 32.2. The number of nitrogens with one attached hydrogen (secondary N) is 2. The van der Waals surface area contributed by atoms with Crippen molar-refractivity contribution in [3.8, 4) is 0 Å². The maximum absolute atomic E-state index is 12.5. The van der Waals surface area contributed by atoms with Crippen molar-refractivity contribution in [2.45, 2.75) is 37.4 Å². The molecule has 2 aromatic carbocycles. The van der Waals surface area contributed by atoms with Gasteiger partial charge in [0.05, 0.1) is 17.7 Å². The zero-order chi connectivity index (χ0) is 22.4. The van der Waals surface area contributed by atoms with E-state index in [-0.39, 0.29) is 17.3 Å². The van der Waals surface area contributed by atoms with Gasteiger partial charge in [-0.05, 0) is 73.5 Å². The van der Waals surface area contributed by atoms with E-state index in [0.717, 1.165) is 25.2 Å². The van der Waals surface area contributed by atoms with Gasteiger partial charge in [0.25, 0.3) is 5.91 Å². The summed E-state index contributed by atoms with van der Waals surface area (Å²) in [6, 6.07) is 17.5. The van der Waals surface area contributed by atoms with Crippen LogP contribution < -0.4 is 10.0 Å². The van der Waals surface area contributed by atoms with E-state index < -0.39 is 10.0 Å². The lowest BCUT2D eigenvalue weighted by Crippen LogP contribution is -2.24. The molecule has 2 N–H and O–H groups in total. The van der Waals surface area contributed by atoms with Crippen LogP contribution in [0.15, 0.2) is 76.2 Å². The van der Waals surface area contributed by atoms with Crippen LogP contribution in [0.1, 0.15) is 40.1 Å². The third kappa shape index (κ3) is 5.85. The molecule has 1 aliphatic heterocycles. The van der Waals surface area contributed by atoms with Gasteiger partial charge < -0.3 is 9.73 Å². The Labute approximate surface area is 188 Å². The molecule has 0 unspecified atom stereocenters. The Morgan fingerprint density at radius 1 is 0.906 bits per heavy atom. The number of carbonyl (C=O) groups is 1. The second-order valence-corrected chi connectivity index (χ2v) is 9.68. The van der Waals surface area contributed by atoms with Crippen LogP contribution >= 0.6 is 0 Å². The third-order valence-electron chi connectivity index (χ3n) is 5.52. The van der Waals surface area contributed by atoms with Gasteiger partial charge in [0.15, 0.2) is 0 Å². The van der Waals surface area contributed by atoms with Gasteiger partial charge in [-0.2, -0.15) is 0 Å². The minimum Gasteiger partial charge on any atom is -0.468 e. The molecule has 32 heavy (non-hydrogen) atoms. The summed E-state index contributed by atoms with van der Waals surface area (Å²) in [5.74, 6) is 0.271. The lowest BCUT2D eigenvalue weighted by Gasteiger charge is -2.14. The predicted molar refractivity (Wildman–Crippen MR) is 121 cm³/mol. The highest BCUT2D eigenvalue weighted by Gasteiger charge is 2.16. The summed E-state index contributed by atoms with van der Waals surface area (Å²) in [6.45, 7) is 3.77. The SMILES string of the molecule is O=C(NCc1ccc(CN2CCCC2)cc1)c1ccc(S(=O)(=O)NCc2ccco2)cc1.